The fourth-order valence-corrected chi connectivity index (χ4v) is 2.06. The summed E-state index contributed by atoms with van der Waals surface area (Å²) in [6, 6.07) is 7.55. The summed E-state index contributed by atoms with van der Waals surface area (Å²) in [6.07, 6.45) is -2.93. The molecule has 0 aliphatic heterocycles. The van der Waals surface area contributed by atoms with E-state index in [9.17, 15) is 13.2 Å². The van der Waals surface area contributed by atoms with Gasteiger partial charge < -0.3 is 0 Å². The first-order chi connectivity index (χ1) is 9.41. The smallest absolute Gasteiger partial charge is 0.271 e. The first-order valence-electron chi connectivity index (χ1n) is 5.66. The zero-order chi connectivity index (χ0) is 14.8. The van der Waals surface area contributed by atoms with Gasteiger partial charge in [0.2, 0.25) is 0 Å². The van der Waals surface area contributed by atoms with Gasteiger partial charge in [0.15, 0.2) is 0 Å². The van der Waals surface area contributed by atoms with Crippen molar-refractivity contribution < 1.29 is 13.2 Å². The van der Waals surface area contributed by atoms with Crippen LogP contribution in [0.25, 0.3) is 0 Å². The molecule has 1 atom stereocenters. The van der Waals surface area contributed by atoms with Crippen molar-refractivity contribution in [2.24, 2.45) is 5.84 Å². The summed E-state index contributed by atoms with van der Waals surface area (Å²) in [4.78, 5) is 3.82. The molecule has 1 heterocycles. The van der Waals surface area contributed by atoms with E-state index in [0.29, 0.717) is 11.1 Å². The third-order valence-corrected chi connectivity index (χ3v) is 3.00. The number of hydrazine groups is 1. The van der Waals surface area contributed by atoms with Crippen LogP contribution in [-0.4, -0.2) is 4.98 Å². The van der Waals surface area contributed by atoms with Gasteiger partial charge in [-0.1, -0.05) is 23.7 Å². The lowest BCUT2D eigenvalue weighted by Gasteiger charge is -2.18. The minimum Gasteiger partial charge on any atom is -0.271 e. The van der Waals surface area contributed by atoms with Gasteiger partial charge in [0.05, 0.1) is 11.6 Å². The molecule has 0 aliphatic carbocycles. The van der Waals surface area contributed by atoms with Crippen LogP contribution in [0.5, 0.6) is 0 Å². The normalized spacial score (nSPS) is 13.2. The van der Waals surface area contributed by atoms with Gasteiger partial charge in [0.1, 0.15) is 5.15 Å². The van der Waals surface area contributed by atoms with Gasteiger partial charge in [-0.15, -0.1) is 0 Å². The molecule has 106 valence electrons. The number of nitrogens with two attached hydrogens (primary N) is 1. The zero-order valence-electron chi connectivity index (χ0n) is 10.2. The van der Waals surface area contributed by atoms with Crippen LogP contribution >= 0.6 is 11.6 Å². The number of pyridine rings is 1. The lowest BCUT2D eigenvalue weighted by molar-refractivity contribution is -0.137. The highest BCUT2D eigenvalue weighted by Crippen LogP contribution is 2.32. The van der Waals surface area contributed by atoms with E-state index >= 15 is 0 Å². The second kappa shape index (κ2) is 5.78. The Bertz CT molecular complexity index is 601. The number of rotatable bonds is 3. The van der Waals surface area contributed by atoms with Crippen molar-refractivity contribution in [2.75, 3.05) is 0 Å². The summed E-state index contributed by atoms with van der Waals surface area (Å²) in [5.74, 6) is 5.45. The van der Waals surface area contributed by atoms with Crippen LogP contribution in [-0.2, 0) is 6.18 Å². The minimum absolute atomic E-state index is 0.245. The van der Waals surface area contributed by atoms with Gasteiger partial charge in [-0.2, -0.15) is 13.2 Å². The maximum Gasteiger partial charge on any atom is 0.416 e. The third kappa shape index (κ3) is 3.27. The molecule has 0 fully saturated rings. The number of nitrogens with zero attached hydrogens (tertiary/aromatic N) is 1. The molecule has 1 aromatic heterocycles. The number of aromatic nitrogens is 1. The number of halogens is 4. The first kappa shape index (κ1) is 14.8. The molecule has 2 aromatic rings. The molecule has 0 amide bonds. The highest BCUT2D eigenvalue weighted by molar-refractivity contribution is 6.29. The van der Waals surface area contributed by atoms with Crippen LogP contribution < -0.4 is 11.3 Å². The van der Waals surface area contributed by atoms with Crippen molar-refractivity contribution in [1.82, 2.24) is 10.4 Å². The maximum absolute atomic E-state index is 12.7. The molecule has 0 radical (unpaired) electrons. The van der Waals surface area contributed by atoms with Crippen molar-refractivity contribution in [3.8, 4) is 0 Å². The molecule has 0 saturated heterocycles. The van der Waals surface area contributed by atoms with Crippen molar-refractivity contribution in [1.29, 1.82) is 0 Å². The van der Waals surface area contributed by atoms with E-state index < -0.39 is 17.8 Å². The van der Waals surface area contributed by atoms with Crippen LogP contribution in [0.1, 0.15) is 22.7 Å². The maximum atomic E-state index is 12.7. The van der Waals surface area contributed by atoms with Gasteiger partial charge >= 0.3 is 6.18 Å². The molecule has 0 aliphatic rings. The van der Waals surface area contributed by atoms with Gasteiger partial charge in [-0.3, -0.25) is 5.84 Å². The van der Waals surface area contributed by atoms with Gasteiger partial charge in [0, 0.05) is 6.20 Å². The molecule has 0 spiro atoms. The Labute approximate surface area is 118 Å². The van der Waals surface area contributed by atoms with E-state index in [1.807, 2.05) is 0 Å². The Balaban J connectivity index is 2.42. The highest BCUT2D eigenvalue weighted by atomic mass is 35.5. The third-order valence-electron chi connectivity index (χ3n) is 2.80. The van der Waals surface area contributed by atoms with Crippen LogP contribution in [0.3, 0.4) is 0 Å². The Morgan fingerprint density at radius 2 is 1.85 bits per heavy atom. The van der Waals surface area contributed by atoms with Crippen molar-refractivity contribution in [3.05, 3.63) is 64.4 Å². The standard InChI is InChI=1S/C13H11ClF3N3/c14-11-7-9(4-5-19-11)12(20-18)8-2-1-3-10(6-8)13(15,16)17/h1-7,12,20H,18H2. The van der Waals surface area contributed by atoms with E-state index in [0.717, 1.165) is 12.1 Å². The molecule has 0 saturated carbocycles. The molecule has 3 N–H and O–H groups in total. The molecular weight excluding hydrogens is 291 g/mol. The Morgan fingerprint density at radius 3 is 2.45 bits per heavy atom. The van der Waals surface area contributed by atoms with Crippen LogP contribution in [0.4, 0.5) is 13.2 Å². The summed E-state index contributed by atoms with van der Waals surface area (Å²) in [5.41, 5.74) is 2.78. The quantitative estimate of drug-likeness (QED) is 0.519. The summed E-state index contributed by atoms with van der Waals surface area (Å²) in [5, 5.41) is 0.245. The van der Waals surface area contributed by atoms with E-state index in [4.69, 9.17) is 17.4 Å². The zero-order valence-corrected chi connectivity index (χ0v) is 10.9. The molecule has 2 rings (SSSR count). The molecular formula is C13H11ClF3N3. The van der Waals surface area contributed by atoms with Crippen molar-refractivity contribution in [2.45, 2.75) is 12.2 Å². The fourth-order valence-electron chi connectivity index (χ4n) is 1.88. The van der Waals surface area contributed by atoms with Gasteiger partial charge in [-0.25, -0.2) is 10.4 Å². The monoisotopic (exact) mass is 301 g/mol. The average molecular weight is 302 g/mol. The molecule has 0 bridgehead atoms. The number of benzene rings is 1. The van der Waals surface area contributed by atoms with Crippen LogP contribution in [0.15, 0.2) is 42.6 Å². The Hall–Kier alpha value is -1.63. The number of hydrogen-bond donors (Lipinski definition) is 2. The number of nitrogens with one attached hydrogen (secondary N) is 1. The lowest BCUT2D eigenvalue weighted by Crippen LogP contribution is -2.29. The Kier molecular flexibility index (Phi) is 4.27. The second-order valence-corrected chi connectivity index (χ2v) is 4.52. The molecule has 3 nitrogen and oxygen atoms in total. The summed E-state index contributed by atoms with van der Waals surface area (Å²) >= 11 is 5.78. The SMILES string of the molecule is NNC(c1cccc(C(F)(F)F)c1)c1ccnc(Cl)c1. The predicted octanol–water partition coefficient (Wildman–Crippen LogP) is 3.31. The Morgan fingerprint density at radius 1 is 1.15 bits per heavy atom. The summed E-state index contributed by atoms with van der Waals surface area (Å²) < 4.78 is 38.2. The van der Waals surface area contributed by atoms with Crippen molar-refractivity contribution >= 4 is 11.6 Å². The summed E-state index contributed by atoms with van der Waals surface area (Å²) in [6.45, 7) is 0. The first-order valence-corrected chi connectivity index (χ1v) is 6.04. The summed E-state index contributed by atoms with van der Waals surface area (Å²) in [7, 11) is 0. The molecule has 1 aromatic carbocycles. The molecule has 20 heavy (non-hydrogen) atoms. The second-order valence-electron chi connectivity index (χ2n) is 4.13. The van der Waals surface area contributed by atoms with Gasteiger partial charge in [-0.05, 0) is 35.4 Å². The largest absolute Gasteiger partial charge is 0.416 e. The minimum atomic E-state index is -4.40. The number of alkyl halides is 3. The van der Waals surface area contributed by atoms with E-state index in [2.05, 4.69) is 10.4 Å². The van der Waals surface area contributed by atoms with Crippen LogP contribution in [0.2, 0.25) is 5.15 Å². The fraction of sp³-hybridized carbons (Fsp3) is 0.154. The van der Waals surface area contributed by atoms with Crippen LogP contribution in [0, 0.1) is 0 Å². The lowest BCUT2D eigenvalue weighted by atomic mass is 9.98. The van der Waals surface area contributed by atoms with Crippen molar-refractivity contribution in [3.63, 3.8) is 0 Å². The van der Waals surface area contributed by atoms with E-state index in [-0.39, 0.29) is 5.15 Å². The molecule has 1 unspecified atom stereocenters. The number of hydrogen-bond acceptors (Lipinski definition) is 3. The predicted molar refractivity (Wildman–Crippen MR) is 69.9 cm³/mol. The highest BCUT2D eigenvalue weighted by Gasteiger charge is 2.31. The van der Waals surface area contributed by atoms with Gasteiger partial charge in [0.25, 0.3) is 0 Å². The van der Waals surface area contributed by atoms with E-state index in [1.165, 1.54) is 12.3 Å². The average Bonchev–Trinajstić information content (AvgIpc) is 2.39. The topological polar surface area (TPSA) is 50.9 Å². The van der Waals surface area contributed by atoms with E-state index in [1.54, 1.807) is 18.2 Å². The molecule has 7 heteroatoms.